The number of hydrogen-bond donors (Lipinski definition) is 1. The molecule has 8 heteroatoms. The first-order valence-electron chi connectivity index (χ1n) is 8.23. The summed E-state index contributed by atoms with van der Waals surface area (Å²) in [6, 6.07) is 9.39. The van der Waals surface area contributed by atoms with Crippen LogP contribution in [0.1, 0.15) is 18.4 Å². The highest BCUT2D eigenvalue weighted by Gasteiger charge is 2.33. The Hall–Kier alpha value is -2.28. The number of benzene rings is 1. The molecule has 1 aromatic carbocycles. The van der Waals surface area contributed by atoms with E-state index in [0.717, 1.165) is 12.3 Å². The Balaban J connectivity index is 1.55. The molecule has 0 spiro atoms. The van der Waals surface area contributed by atoms with Crippen LogP contribution in [-0.2, 0) is 11.0 Å². The molecule has 1 aliphatic rings. The van der Waals surface area contributed by atoms with Crippen molar-refractivity contribution in [3.63, 3.8) is 0 Å². The van der Waals surface area contributed by atoms with Crippen molar-refractivity contribution in [2.45, 2.75) is 19.0 Å². The van der Waals surface area contributed by atoms with E-state index in [9.17, 15) is 18.0 Å². The van der Waals surface area contributed by atoms with Gasteiger partial charge >= 0.3 is 6.18 Å². The van der Waals surface area contributed by atoms with E-state index >= 15 is 0 Å². The smallest absolute Gasteiger partial charge is 0.326 e. The second-order valence-electron chi connectivity index (χ2n) is 6.22. The van der Waals surface area contributed by atoms with Crippen LogP contribution in [-0.4, -0.2) is 19.0 Å². The Labute approximate surface area is 154 Å². The summed E-state index contributed by atoms with van der Waals surface area (Å²) in [4.78, 5) is 17.0. The Morgan fingerprint density at radius 3 is 2.31 bits per heavy atom. The van der Waals surface area contributed by atoms with E-state index < -0.39 is 11.7 Å². The second kappa shape index (κ2) is 7.53. The Morgan fingerprint density at radius 2 is 1.77 bits per heavy atom. The van der Waals surface area contributed by atoms with Gasteiger partial charge in [0.1, 0.15) is 6.20 Å². The molecule has 1 saturated heterocycles. The lowest BCUT2D eigenvalue weighted by molar-refractivity contribution is -0.367. The minimum Gasteiger partial charge on any atom is -0.326 e. The number of alkyl halides is 3. The van der Waals surface area contributed by atoms with Crippen molar-refractivity contribution >= 4 is 29.0 Å². The normalized spacial score (nSPS) is 15.8. The summed E-state index contributed by atoms with van der Waals surface area (Å²) in [5.74, 6) is 0.439. The maximum atomic E-state index is 12.6. The van der Waals surface area contributed by atoms with Crippen LogP contribution >= 0.6 is 11.6 Å². The summed E-state index contributed by atoms with van der Waals surface area (Å²) in [6.45, 7) is 1.20. The predicted molar refractivity (Wildman–Crippen MR) is 93.0 cm³/mol. The number of carbonyl (C=O) groups is 1. The lowest BCUT2D eigenvalue weighted by Gasteiger charge is -2.27. The molecular weight excluding hydrogens is 367 g/mol. The molecule has 0 saturated carbocycles. The molecule has 26 heavy (non-hydrogen) atoms. The van der Waals surface area contributed by atoms with Gasteiger partial charge in [0.2, 0.25) is 5.91 Å². The minimum absolute atomic E-state index is 0.0524. The first kappa shape index (κ1) is 18.5. The van der Waals surface area contributed by atoms with Gasteiger partial charge in [0.25, 0.3) is 5.82 Å². The highest BCUT2D eigenvalue weighted by atomic mass is 35.5. The fourth-order valence-corrected chi connectivity index (χ4v) is 3.08. The highest BCUT2D eigenvalue weighted by Crippen LogP contribution is 2.29. The maximum absolute atomic E-state index is 12.6. The number of anilines is 2. The standard InChI is InChI=1S/C18H17ClF3N3O/c19-14-2-4-15(5-3-14)24-17(26)12-7-9-25(10-8-12)16-6-1-13(11-23-16)18(20,21)22/h1-6,11-12H,7-10H2,(H,24,26)/p+1. The summed E-state index contributed by atoms with van der Waals surface area (Å²) in [6.07, 6.45) is -2.13. The van der Waals surface area contributed by atoms with Crippen molar-refractivity contribution in [3.05, 3.63) is 53.2 Å². The zero-order valence-electron chi connectivity index (χ0n) is 13.8. The molecule has 0 radical (unpaired) electrons. The molecule has 0 unspecified atom stereocenters. The van der Waals surface area contributed by atoms with Crippen molar-refractivity contribution in [2.24, 2.45) is 5.92 Å². The van der Waals surface area contributed by atoms with E-state index in [4.69, 9.17) is 11.6 Å². The van der Waals surface area contributed by atoms with Crippen LogP contribution in [0, 0.1) is 5.92 Å². The molecule has 1 aliphatic heterocycles. The van der Waals surface area contributed by atoms with Crippen LogP contribution in [0.25, 0.3) is 0 Å². The first-order valence-corrected chi connectivity index (χ1v) is 8.61. The van der Waals surface area contributed by atoms with Crippen LogP contribution in [0.5, 0.6) is 0 Å². The number of hydrogen-bond acceptors (Lipinski definition) is 2. The quantitative estimate of drug-likeness (QED) is 0.868. The summed E-state index contributed by atoms with van der Waals surface area (Å²) in [5, 5.41) is 3.47. The van der Waals surface area contributed by atoms with Crippen LogP contribution in [0.3, 0.4) is 0 Å². The minimum atomic E-state index is -4.36. The lowest BCUT2D eigenvalue weighted by Crippen LogP contribution is -2.40. The Bertz CT molecular complexity index is 755. The van der Waals surface area contributed by atoms with E-state index in [1.54, 1.807) is 24.3 Å². The highest BCUT2D eigenvalue weighted by molar-refractivity contribution is 6.30. The summed E-state index contributed by atoms with van der Waals surface area (Å²) in [7, 11) is 0. The number of carbonyl (C=O) groups excluding carboxylic acids is 1. The largest absolute Gasteiger partial charge is 0.419 e. The number of nitrogens with zero attached hydrogens (tertiary/aromatic N) is 1. The van der Waals surface area contributed by atoms with Crippen LogP contribution < -0.4 is 15.2 Å². The molecule has 2 aromatic rings. The fourth-order valence-electron chi connectivity index (χ4n) is 2.95. The average Bonchev–Trinajstić information content (AvgIpc) is 2.63. The van der Waals surface area contributed by atoms with Crippen LogP contribution in [0.4, 0.5) is 24.7 Å². The molecule has 2 N–H and O–H groups in total. The van der Waals surface area contributed by atoms with Gasteiger partial charge in [-0.3, -0.25) is 9.69 Å². The van der Waals surface area contributed by atoms with Gasteiger partial charge < -0.3 is 5.32 Å². The summed E-state index contributed by atoms with van der Waals surface area (Å²) >= 11 is 5.82. The van der Waals surface area contributed by atoms with Gasteiger partial charge in [-0.15, -0.1) is 0 Å². The van der Waals surface area contributed by atoms with Gasteiger partial charge in [-0.25, -0.2) is 4.98 Å². The number of rotatable bonds is 3. The predicted octanol–water partition coefficient (Wildman–Crippen LogP) is 4.03. The van der Waals surface area contributed by atoms with Gasteiger partial charge in [-0.1, -0.05) is 11.6 Å². The van der Waals surface area contributed by atoms with Crippen molar-refractivity contribution in [2.75, 3.05) is 23.3 Å². The van der Waals surface area contributed by atoms with Crippen molar-refractivity contribution in [1.82, 2.24) is 0 Å². The number of halogens is 4. The summed E-state index contributed by atoms with van der Waals surface area (Å²) < 4.78 is 37.9. The van der Waals surface area contributed by atoms with E-state index in [0.29, 0.717) is 42.5 Å². The van der Waals surface area contributed by atoms with Crippen molar-refractivity contribution < 1.29 is 22.9 Å². The monoisotopic (exact) mass is 384 g/mol. The van der Waals surface area contributed by atoms with Gasteiger partial charge in [0.05, 0.1) is 18.7 Å². The Morgan fingerprint density at radius 1 is 1.12 bits per heavy atom. The third-order valence-corrected chi connectivity index (χ3v) is 4.69. The van der Waals surface area contributed by atoms with Crippen LogP contribution in [0.2, 0.25) is 5.02 Å². The molecule has 2 heterocycles. The maximum Gasteiger partial charge on any atom is 0.419 e. The molecular formula is C18H18ClF3N3O+. The molecule has 0 bridgehead atoms. The van der Waals surface area contributed by atoms with Crippen molar-refractivity contribution in [1.29, 1.82) is 0 Å². The fraction of sp³-hybridized carbons (Fsp3) is 0.333. The Kier molecular flexibility index (Phi) is 5.36. The zero-order valence-corrected chi connectivity index (χ0v) is 14.6. The molecule has 0 atom stereocenters. The third kappa shape index (κ3) is 4.46. The number of pyridine rings is 1. The van der Waals surface area contributed by atoms with Gasteiger partial charge in [0.15, 0.2) is 0 Å². The van der Waals surface area contributed by atoms with Gasteiger partial charge in [0, 0.05) is 22.7 Å². The molecule has 1 amide bonds. The number of piperidine rings is 1. The average molecular weight is 385 g/mol. The molecule has 138 valence electrons. The van der Waals surface area contributed by atoms with Crippen molar-refractivity contribution in [3.8, 4) is 0 Å². The van der Waals surface area contributed by atoms with Gasteiger partial charge in [-0.05, 0) is 43.2 Å². The van der Waals surface area contributed by atoms with Gasteiger partial charge in [-0.2, -0.15) is 13.2 Å². The first-order chi connectivity index (χ1) is 12.3. The molecule has 4 nitrogen and oxygen atoms in total. The van der Waals surface area contributed by atoms with E-state index in [-0.39, 0.29) is 11.8 Å². The van der Waals surface area contributed by atoms with E-state index in [1.807, 2.05) is 4.90 Å². The molecule has 1 fully saturated rings. The zero-order chi connectivity index (χ0) is 18.7. The number of aromatic nitrogens is 1. The van der Waals surface area contributed by atoms with E-state index in [2.05, 4.69) is 10.3 Å². The third-order valence-electron chi connectivity index (χ3n) is 4.44. The molecule has 3 rings (SSSR count). The SMILES string of the molecule is O=C(Nc1ccc(Cl)cc1)C1CCN(c2ccc(C(F)(F)F)c[nH+]2)CC1. The number of amides is 1. The van der Waals surface area contributed by atoms with Crippen LogP contribution in [0.15, 0.2) is 42.6 Å². The second-order valence-corrected chi connectivity index (χ2v) is 6.65. The molecule has 1 aromatic heterocycles. The summed E-state index contributed by atoms with van der Waals surface area (Å²) in [5.41, 5.74) is -0.0172. The topological polar surface area (TPSA) is 46.5 Å². The number of aromatic amines is 1. The van der Waals surface area contributed by atoms with E-state index in [1.165, 1.54) is 6.07 Å². The number of H-pyrrole nitrogens is 1. The number of nitrogens with one attached hydrogen (secondary N) is 2. The molecule has 0 aliphatic carbocycles. The lowest BCUT2D eigenvalue weighted by atomic mass is 9.95.